The number of benzene rings is 1. The minimum atomic E-state index is -0.267. The van der Waals surface area contributed by atoms with E-state index in [2.05, 4.69) is 20.8 Å². The number of amides is 1. The second-order valence-electron chi connectivity index (χ2n) is 4.54. The first-order valence-electron chi connectivity index (χ1n) is 6.08. The average Bonchev–Trinajstić information content (AvgIpc) is 2.38. The molecule has 1 atom stereocenters. The molecule has 1 aliphatic heterocycles. The highest BCUT2D eigenvalue weighted by atomic mass is 79.9. The van der Waals surface area contributed by atoms with Crippen molar-refractivity contribution in [2.45, 2.75) is 31.9 Å². The van der Waals surface area contributed by atoms with E-state index in [1.807, 2.05) is 18.2 Å². The molecule has 0 bridgehead atoms. The maximum absolute atomic E-state index is 11.5. The molecule has 0 radical (unpaired) electrons. The van der Waals surface area contributed by atoms with E-state index in [1.54, 1.807) is 0 Å². The van der Waals surface area contributed by atoms with Gasteiger partial charge in [-0.05, 0) is 37.0 Å². The Hall–Kier alpha value is -1.07. The molecule has 1 heterocycles. The number of primary amides is 1. The van der Waals surface area contributed by atoms with Gasteiger partial charge < -0.3 is 15.7 Å². The van der Waals surface area contributed by atoms with Crippen LogP contribution >= 0.6 is 15.9 Å². The third-order valence-corrected chi connectivity index (χ3v) is 4.11. The van der Waals surface area contributed by atoms with Gasteiger partial charge in [0.15, 0.2) is 0 Å². The van der Waals surface area contributed by atoms with Crippen molar-refractivity contribution in [2.24, 2.45) is 5.73 Å². The molecule has 0 saturated carbocycles. The Bertz CT molecular complexity index is 451. The van der Waals surface area contributed by atoms with Crippen molar-refractivity contribution >= 4 is 27.5 Å². The van der Waals surface area contributed by atoms with Crippen molar-refractivity contribution in [3.63, 3.8) is 0 Å². The monoisotopic (exact) mass is 312 g/mol. The summed E-state index contributed by atoms with van der Waals surface area (Å²) in [6.45, 7) is 0.846. The molecule has 1 unspecified atom stereocenters. The van der Waals surface area contributed by atoms with Crippen LogP contribution in [0.1, 0.15) is 24.8 Å². The van der Waals surface area contributed by atoms with E-state index < -0.39 is 0 Å². The number of nitrogens with two attached hydrogens (primary N) is 1. The van der Waals surface area contributed by atoms with E-state index in [1.165, 1.54) is 0 Å². The van der Waals surface area contributed by atoms with Gasteiger partial charge in [0.25, 0.3) is 0 Å². The number of piperidine rings is 1. The third-order valence-electron chi connectivity index (χ3n) is 3.37. The minimum Gasteiger partial charge on any atom is -0.392 e. The number of aliphatic hydroxyl groups is 1. The molecule has 0 spiro atoms. The zero-order chi connectivity index (χ0) is 13.1. The fraction of sp³-hybridized carbons (Fsp3) is 0.462. The molecule has 1 aromatic rings. The zero-order valence-corrected chi connectivity index (χ0v) is 11.7. The van der Waals surface area contributed by atoms with Crippen LogP contribution in [0.15, 0.2) is 22.7 Å². The highest BCUT2D eigenvalue weighted by Gasteiger charge is 2.27. The van der Waals surface area contributed by atoms with Crippen LogP contribution < -0.4 is 10.6 Å². The van der Waals surface area contributed by atoms with Gasteiger partial charge in [0.2, 0.25) is 5.91 Å². The topological polar surface area (TPSA) is 66.6 Å². The van der Waals surface area contributed by atoms with Crippen molar-refractivity contribution in [1.82, 2.24) is 0 Å². The van der Waals surface area contributed by atoms with Gasteiger partial charge in [-0.2, -0.15) is 0 Å². The Morgan fingerprint density at radius 3 is 2.89 bits per heavy atom. The first-order valence-corrected chi connectivity index (χ1v) is 6.88. The molecule has 5 heteroatoms. The van der Waals surface area contributed by atoms with E-state index in [9.17, 15) is 4.79 Å². The van der Waals surface area contributed by atoms with Gasteiger partial charge in [-0.15, -0.1) is 0 Å². The Morgan fingerprint density at radius 1 is 1.50 bits per heavy atom. The first-order chi connectivity index (χ1) is 8.63. The van der Waals surface area contributed by atoms with Crippen molar-refractivity contribution in [3.8, 4) is 0 Å². The molecule has 1 aliphatic rings. The molecule has 1 saturated heterocycles. The molecule has 1 aromatic carbocycles. The number of aliphatic hydroxyl groups excluding tert-OH is 1. The fourth-order valence-corrected chi connectivity index (χ4v) is 2.87. The number of rotatable bonds is 3. The molecule has 1 amide bonds. The van der Waals surface area contributed by atoms with E-state index in [-0.39, 0.29) is 18.6 Å². The van der Waals surface area contributed by atoms with Crippen LogP contribution in [-0.4, -0.2) is 23.6 Å². The molecule has 18 heavy (non-hydrogen) atoms. The molecule has 1 fully saturated rings. The lowest BCUT2D eigenvalue weighted by Gasteiger charge is -2.35. The Morgan fingerprint density at radius 2 is 2.28 bits per heavy atom. The van der Waals surface area contributed by atoms with E-state index in [0.717, 1.165) is 41.5 Å². The molecule has 4 nitrogen and oxygen atoms in total. The van der Waals surface area contributed by atoms with Gasteiger partial charge in [-0.25, -0.2) is 0 Å². The number of carbonyl (C=O) groups is 1. The Balaban J connectivity index is 2.28. The summed E-state index contributed by atoms with van der Waals surface area (Å²) in [6.07, 6.45) is 2.93. The van der Waals surface area contributed by atoms with E-state index >= 15 is 0 Å². The van der Waals surface area contributed by atoms with Crippen LogP contribution in [0.4, 0.5) is 5.69 Å². The predicted molar refractivity (Wildman–Crippen MR) is 74.2 cm³/mol. The first kappa shape index (κ1) is 13.4. The largest absolute Gasteiger partial charge is 0.392 e. The van der Waals surface area contributed by atoms with Gasteiger partial charge >= 0.3 is 0 Å². The van der Waals surface area contributed by atoms with Gasteiger partial charge in [0, 0.05) is 16.7 Å². The quantitative estimate of drug-likeness (QED) is 0.894. The highest BCUT2D eigenvalue weighted by Crippen LogP contribution is 2.29. The highest BCUT2D eigenvalue weighted by molar-refractivity contribution is 9.10. The van der Waals surface area contributed by atoms with Crippen molar-refractivity contribution in [3.05, 3.63) is 28.2 Å². The molecule has 0 aliphatic carbocycles. The third kappa shape index (κ3) is 2.67. The summed E-state index contributed by atoms with van der Waals surface area (Å²) in [5.41, 5.74) is 7.27. The maximum Gasteiger partial charge on any atom is 0.240 e. The molecule has 98 valence electrons. The van der Waals surface area contributed by atoms with Gasteiger partial charge in [-0.1, -0.05) is 22.0 Å². The number of carbonyl (C=O) groups excluding carboxylic acids is 1. The summed E-state index contributed by atoms with van der Waals surface area (Å²) in [4.78, 5) is 13.5. The summed E-state index contributed by atoms with van der Waals surface area (Å²) in [5, 5.41) is 9.14. The van der Waals surface area contributed by atoms with Gasteiger partial charge in [0.1, 0.15) is 6.04 Å². The summed E-state index contributed by atoms with van der Waals surface area (Å²) >= 11 is 3.43. The SMILES string of the molecule is NC(=O)C1CCCCN1c1ccc(CO)c(Br)c1. The molecule has 0 aromatic heterocycles. The number of hydrogen-bond donors (Lipinski definition) is 2. The number of halogens is 1. The van der Waals surface area contributed by atoms with Crippen LogP contribution in [0.2, 0.25) is 0 Å². The second kappa shape index (κ2) is 5.71. The van der Waals surface area contributed by atoms with E-state index in [4.69, 9.17) is 10.8 Å². The fourth-order valence-electron chi connectivity index (χ4n) is 2.38. The van der Waals surface area contributed by atoms with Crippen molar-refractivity contribution in [2.75, 3.05) is 11.4 Å². The normalized spacial score (nSPS) is 19.9. The number of nitrogens with zero attached hydrogens (tertiary/aromatic N) is 1. The Kier molecular flexibility index (Phi) is 4.24. The smallest absolute Gasteiger partial charge is 0.240 e. The van der Waals surface area contributed by atoms with Crippen LogP contribution in [0.25, 0.3) is 0 Å². The maximum atomic E-state index is 11.5. The van der Waals surface area contributed by atoms with Crippen LogP contribution in [0, 0.1) is 0 Å². The zero-order valence-electron chi connectivity index (χ0n) is 10.1. The van der Waals surface area contributed by atoms with Crippen LogP contribution in [-0.2, 0) is 11.4 Å². The molecular formula is C13H17BrN2O2. The van der Waals surface area contributed by atoms with E-state index in [0.29, 0.717) is 0 Å². The summed E-state index contributed by atoms with van der Waals surface area (Å²) in [6, 6.07) is 5.52. The van der Waals surface area contributed by atoms with Gasteiger partial charge in [-0.3, -0.25) is 4.79 Å². The minimum absolute atomic E-state index is 0.000110. The molecule has 2 rings (SSSR count). The van der Waals surface area contributed by atoms with Crippen molar-refractivity contribution in [1.29, 1.82) is 0 Å². The molecular weight excluding hydrogens is 296 g/mol. The summed E-state index contributed by atoms with van der Waals surface area (Å²) < 4.78 is 0.858. The second-order valence-corrected chi connectivity index (χ2v) is 5.40. The Labute approximate surface area is 115 Å². The summed E-state index contributed by atoms with van der Waals surface area (Å²) in [7, 11) is 0. The van der Waals surface area contributed by atoms with Crippen LogP contribution in [0.3, 0.4) is 0 Å². The molecule has 3 N–H and O–H groups in total. The van der Waals surface area contributed by atoms with Crippen molar-refractivity contribution < 1.29 is 9.90 Å². The summed E-state index contributed by atoms with van der Waals surface area (Å²) in [5.74, 6) is -0.267. The lowest BCUT2D eigenvalue weighted by molar-refractivity contribution is -0.119. The van der Waals surface area contributed by atoms with Gasteiger partial charge in [0.05, 0.1) is 6.61 Å². The lowest BCUT2D eigenvalue weighted by Crippen LogP contribution is -2.47. The number of anilines is 1. The predicted octanol–water partition coefficient (Wildman–Crippen LogP) is 1.79. The van der Waals surface area contributed by atoms with Crippen LogP contribution in [0.5, 0.6) is 0 Å². The average molecular weight is 313 g/mol. The standard InChI is InChI=1S/C13H17BrN2O2/c14-11-7-10(5-4-9(11)8-17)16-6-2-1-3-12(16)13(15)18/h4-5,7,12,17H,1-3,6,8H2,(H2,15,18). The lowest BCUT2D eigenvalue weighted by atomic mass is 10.0. The number of hydrogen-bond acceptors (Lipinski definition) is 3.